The van der Waals surface area contributed by atoms with Crippen LogP contribution in [0, 0.1) is 0 Å². The molecule has 3 heteroatoms. The third-order valence-electron chi connectivity index (χ3n) is 2.99. The number of nitrogens with zero attached hydrogens (tertiary/aromatic N) is 2. The first-order valence-electron chi connectivity index (χ1n) is 5.71. The third-order valence-corrected chi connectivity index (χ3v) is 2.99. The van der Waals surface area contributed by atoms with Crippen molar-refractivity contribution < 1.29 is 0 Å². The van der Waals surface area contributed by atoms with E-state index in [4.69, 9.17) is 0 Å². The Hall–Kier alpha value is -0.120. The Morgan fingerprint density at radius 3 is 1.31 bits per heavy atom. The maximum atomic E-state index is 3.52. The van der Waals surface area contributed by atoms with E-state index in [0.29, 0.717) is 0 Å². The summed E-state index contributed by atoms with van der Waals surface area (Å²) >= 11 is 0. The lowest BCUT2D eigenvalue weighted by Crippen LogP contribution is -2.53. The first-order valence-corrected chi connectivity index (χ1v) is 5.71. The molecule has 0 atom stereocenters. The van der Waals surface area contributed by atoms with Gasteiger partial charge in [-0.2, -0.15) is 5.53 Å². The minimum atomic E-state index is 1.23. The van der Waals surface area contributed by atoms with Gasteiger partial charge in [-0.1, -0.05) is 12.8 Å². The van der Waals surface area contributed by atoms with Crippen molar-refractivity contribution in [3.05, 3.63) is 0 Å². The molecule has 0 radical (unpaired) electrons. The largest absolute Gasteiger partial charge is 0.231 e. The topological polar surface area (TPSA) is 18.5 Å². The van der Waals surface area contributed by atoms with E-state index in [-0.39, 0.29) is 0 Å². The average molecular weight is 183 g/mol. The molecule has 2 heterocycles. The van der Waals surface area contributed by atoms with Gasteiger partial charge in [0, 0.05) is 26.2 Å². The molecule has 0 bridgehead atoms. The lowest BCUT2D eigenvalue weighted by Gasteiger charge is -2.35. The molecular formula is C10H21N3. The van der Waals surface area contributed by atoms with Crippen molar-refractivity contribution in [1.82, 2.24) is 15.6 Å². The molecule has 2 aliphatic heterocycles. The lowest BCUT2D eigenvalue weighted by atomic mass is 10.1. The van der Waals surface area contributed by atoms with Crippen LogP contribution in [0.25, 0.3) is 0 Å². The van der Waals surface area contributed by atoms with Crippen LogP contribution >= 0.6 is 0 Å². The molecule has 13 heavy (non-hydrogen) atoms. The second kappa shape index (κ2) is 4.94. The summed E-state index contributed by atoms with van der Waals surface area (Å²) < 4.78 is 0. The van der Waals surface area contributed by atoms with Gasteiger partial charge in [0.2, 0.25) is 0 Å². The zero-order valence-corrected chi connectivity index (χ0v) is 8.47. The quantitative estimate of drug-likeness (QED) is 0.697. The van der Waals surface area contributed by atoms with Crippen LogP contribution in [0.3, 0.4) is 0 Å². The van der Waals surface area contributed by atoms with Crippen molar-refractivity contribution >= 4 is 0 Å². The van der Waals surface area contributed by atoms with E-state index in [9.17, 15) is 0 Å². The van der Waals surface area contributed by atoms with Crippen LogP contribution < -0.4 is 5.53 Å². The molecule has 0 aromatic carbocycles. The predicted molar refractivity (Wildman–Crippen MR) is 54.0 cm³/mol. The molecule has 0 unspecified atom stereocenters. The Kier molecular flexibility index (Phi) is 3.58. The van der Waals surface area contributed by atoms with Gasteiger partial charge in [-0.3, -0.25) is 0 Å². The van der Waals surface area contributed by atoms with Gasteiger partial charge in [0.15, 0.2) is 0 Å². The van der Waals surface area contributed by atoms with E-state index < -0.39 is 0 Å². The highest BCUT2D eigenvalue weighted by atomic mass is 15.7. The molecule has 0 aromatic heterocycles. The number of hydrogen-bond acceptors (Lipinski definition) is 3. The monoisotopic (exact) mass is 183 g/mol. The summed E-state index contributed by atoms with van der Waals surface area (Å²) in [7, 11) is 0. The summed E-state index contributed by atoms with van der Waals surface area (Å²) in [6, 6.07) is 0. The number of piperidine rings is 2. The maximum Gasteiger partial charge on any atom is 0.0144 e. The van der Waals surface area contributed by atoms with Gasteiger partial charge in [0.1, 0.15) is 0 Å². The predicted octanol–water partition coefficient (Wildman–Crippen LogP) is 1.38. The van der Waals surface area contributed by atoms with Crippen molar-refractivity contribution in [1.29, 1.82) is 0 Å². The second-order valence-corrected chi connectivity index (χ2v) is 4.20. The van der Waals surface area contributed by atoms with Gasteiger partial charge in [-0.15, -0.1) is 0 Å². The van der Waals surface area contributed by atoms with Crippen LogP contribution in [0.1, 0.15) is 38.5 Å². The van der Waals surface area contributed by atoms with Crippen LogP contribution in [0.5, 0.6) is 0 Å². The highest BCUT2D eigenvalue weighted by Crippen LogP contribution is 2.09. The molecule has 0 aromatic rings. The second-order valence-electron chi connectivity index (χ2n) is 4.20. The fourth-order valence-corrected chi connectivity index (χ4v) is 2.19. The third kappa shape index (κ3) is 2.93. The summed E-state index contributed by atoms with van der Waals surface area (Å²) in [5.41, 5.74) is 3.52. The number of hydrogen-bond donors (Lipinski definition) is 1. The fraction of sp³-hybridized carbons (Fsp3) is 1.00. The number of nitrogens with one attached hydrogen (secondary N) is 1. The molecule has 2 fully saturated rings. The Morgan fingerprint density at radius 1 is 0.538 bits per heavy atom. The Balaban J connectivity index is 1.69. The minimum Gasteiger partial charge on any atom is -0.231 e. The van der Waals surface area contributed by atoms with Gasteiger partial charge in [0.25, 0.3) is 0 Å². The molecular weight excluding hydrogens is 162 g/mol. The van der Waals surface area contributed by atoms with Gasteiger partial charge in [0.05, 0.1) is 0 Å². The SMILES string of the molecule is C1CCN(NN2CCCCC2)CC1. The first-order chi connectivity index (χ1) is 6.45. The van der Waals surface area contributed by atoms with E-state index in [1.54, 1.807) is 0 Å². The van der Waals surface area contributed by atoms with Crippen molar-refractivity contribution in [3.63, 3.8) is 0 Å². The molecule has 0 spiro atoms. The van der Waals surface area contributed by atoms with Crippen molar-refractivity contribution in [2.24, 2.45) is 0 Å². The van der Waals surface area contributed by atoms with Crippen molar-refractivity contribution in [2.75, 3.05) is 26.2 Å². The van der Waals surface area contributed by atoms with Crippen LogP contribution in [0.4, 0.5) is 0 Å². The number of hydrazine groups is 2. The average Bonchev–Trinajstić information content (AvgIpc) is 2.21. The van der Waals surface area contributed by atoms with Gasteiger partial charge in [-0.25, -0.2) is 10.0 Å². The molecule has 0 amide bonds. The zero-order chi connectivity index (χ0) is 8.93. The minimum absolute atomic E-state index is 1.23. The summed E-state index contributed by atoms with van der Waals surface area (Å²) in [6.45, 7) is 4.93. The van der Waals surface area contributed by atoms with E-state index >= 15 is 0 Å². The molecule has 1 N–H and O–H groups in total. The smallest absolute Gasteiger partial charge is 0.0144 e. The maximum absolute atomic E-state index is 3.52. The van der Waals surface area contributed by atoms with E-state index in [2.05, 4.69) is 15.6 Å². The summed E-state index contributed by atoms with van der Waals surface area (Å²) in [5.74, 6) is 0. The van der Waals surface area contributed by atoms with Gasteiger partial charge in [-0.05, 0) is 25.7 Å². The lowest BCUT2D eigenvalue weighted by molar-refractivity contribution is -0.00113. The van der Waals surface area contributed by atoms with Crippen LogP contribution in [-0.4, -0.2) is 36.2 Å². The standard InChI is InChI=1S/C10H21N3/c1-3-7-12(8-4-1)11-13-9-5-2-6-10-13/h11H,1-10H2. The van der Waals surface area contributed by atoms with Crippen LogP contribution in [0.15, 0.2) is 0 Å². The highest BCUT2D eigenvalue weighted by molar-refractivity contribution is 4.63. The summed E-state index contributed by atoms with van der Waals surface area (Å²) in [6.07, 6.45) is 8.28. The van der Waals surface area contributed by atoms with Gasteiger partial charge >= 0.3 is 0 Å². The van der Waals surface area contributed by atoms with Crippen molar-refractivity contribution in [2.45, 2.75) is 38.5 Å². The molecule has 76 valence electrons. The zero-order valence-electron chi connectivity index (χ0n) is 8.47. The molecule has 2 saturated heterocycles. The first kappa shape index (κ1) is 9.44. The van der Waals surface area contributed by atoms with Gasteiger partial charge < -0.3 is 0 Å². The van der Waals surface area contributed by atoms with E-state index in [0.717, 1.165) is 0 Å². The molecule has 2 rings (SSSR count). The molecule has 2 aliphatic rings. The molecule has 0 saturated carbocycles. The Labute approximate surface area is 81.0 Å². The number of rotatable bonds is 2. The van der Waals surface area contributed by atoms with E-state index in [1.165, 1.54) is 64.7 Å². The van der Waals surface area contributed by atoms with Crippen LogP contribution in [-0.2, 0) is 0 Å². The molecule has 3 nitrogen and oxygen atoms in total. The summed E-state index contributed by atoms with van der Waals surface area (Å²) in [4.78, 5) is 0. The molecule has 0 aliphatic carbocycles. The Morgan fingerprint density at radius 2 is 0.923 bits per heavy atom. The van der Waals surface area contributed by atoms with Crippen molar-refractivity contribution in [3.8, 4) is 0 Å². The highest BCUT2D eigenvalue weighted by Gasteiger charge is 2.15. The normalized spacial score (nSPS) is 27.7. The Bertz CT molecular complexity index is 121. The van der Waals surface area contributed by atoms with E-state index in [1.807, 2.05) is 0 Å². The summed E-state index contributed by atoms with van der Waals surface area (Å²) in [5, 5.41) is 4.77. The van der Waals surface area contributed by atoms with Crippen LogP contribution in [0.2, 0.25) is 0 Å². The fourth-order valence-electron chi connectivity index (χ4n) is 2.19.